The van der Waals surface area contributed by atoms with Crippen molar-refractivity contribution in [2.75, 3.05) is 13.1 Å². The van der Waals surface area contributed by atoms with Gasteiger partial charge in [0.05, 0.1) is 27.7 Å². The van der Waals surface area contributed by atoms with Crippen LogP contribution in [0.5, 0.6) is 0 Å². The van der Waals surface area contributed by atoms with Crippen molar-refractivity contribution in [1.82, 2.24) is 19.9 Å². The summed E-state index contributed by atoms with van der Waals surface area (Å²) in [7, 11) is 0. The molecule has 0 saturated carbocycles. The Morgan fingerprint density at radius 3 is 2.74 bits per heavy atom. The molecule has 6 nitrogen and oxygen atoms in total. The van der Waals surface area contributed by atoms with Crippen molar-refractivity contribution in [3.8, 4) is 22.4 Å². The average molecular weight is 483 g/mol. The van der Waals surface area contributed by atoms with Crippen LogP contribution in [-0.2, 0) is 6.54 Å². The zero-order valence-corrected chi connectivity index (χ0v) is 19.7. The molecule has 0 bridgehead atoms. The molecule has 1 atom stereocenters. The Labute approximate surface area is 206 Å². The first-order chi connectivity index (χ1) is 17.1. The van der Waals surface area contributed by atoms with E-state index in [4.69, 9.17) is 16.6 Å². The van der Waals surface area contributed by atoms with Crippen LogP contribution in [0, 0.1) is 0 Å². The van der Waals surface area contributed by atoms with Crippen LogP contribution in [0.3, 0.4) is 0 Å². The average Bonchev–Trinajstić information content (AvgIpc) is 3.30. The number of rotatable bonds is 4. The van der Waals surface area contributed by atoms with E-state index < -0.39 is 0 Å². The summed E-state index contributed by atoms with van der Waals surface area (Å²) in [6.45, 7) is 1.85. The highest BCUT2D eigenvalue weighted by atomic mass is 35.5. The quantitative estimate of drug-likeness (QED) is 0.375. The molecular weight excluding hydrogens is 460 g/mol. The number of aromatic nitrogens is 3. The lowest BCUT2D eigenvalue weighted by Crippen LogP contribution is -2.25. The molecule has 1 unspecified atom stereocenters. The number of hydrogen-bond acceptors (Lipinski definition) is 5. The summed E-state index contributed by atoms with van der Waals surface area (Å²) in [6, 6.07) is 19.6. The maximum absolute atomic E-state index is 13.5. The highest BCUT2D eigenvalue weighted by molar-refractivity contribution is 6.35. The predicted octanol–water partition coefficient (Wildman–Crippen LogP) is 5.03. The lowest BCUT2D eigenvalue weighted by Gasteiger charge is -2.16. The van der Waals surface area contributed by atoms with Gasteiger partial charge < -0.3 is 10.1 Å². The highest BCUT2D eigenvalue weighted by Gasteiger charge is 2.22. The molecule has 2 N–H and O–H groups in total. The van der Waals surface area contributed by atoms with Crippen LogP contribution in [0.4, 0.5) is 0 Å². The van der Waals surface area contributed by atoms with Gasteiger partial charge in [-0.3, -0.25) is 14.7 Å². The van der Waals surface area contributed by atoms with Gasteiger partial charge >= 0.3 is 0 Å². The minimum atomic E-state index is -0.330. The van der Waals surface area contributed by atoms with Gasteiger partial charge in [0.25, 0.3) is 0 Å². The van der Waals surface area contributed by atoms with Crippen LogP contribution in [0.25, 0.3) is 44.3 Å². The largest absolute Gasteiger partial charge is 0.392 e. The number of fused-ring (bicyclic) bond motifs is 2. The Bertz CT molecular complexity index is 1620. The minimum Gasteiger partial charge on any atom is -0.392 e. The van der Waals surface area contributed by atoms with E-state index in [1.165, 1.54) is 0 Å². The Kier molecular flexibility index (Phi) is 5.57. The van der Waals surface area contributed by atoms with Gasteiger partial charge in [-0.05, 0) is 36.2 Å². The molecule has 1 aliphatic rings. The number of β-amino-alcohol motifs (C(OH)–C–C–N with tert-alkyl or cyclic N) is 1. The number of likely N-dealkylation sites (tertiary alicyclic amines) is 1. The van der Waals surface area contributed by atoms with Gasteiger partial charge in [0.2, 0.25) is 0 Å². The van der Waals surface area contributed by atoms with E-state index in [2.05, 4.69) is 14.9 Å². The number of nitrogens with zero attached hydrogens (tertiary/aromatic N) is 3. The molecule has 1 aliphatic heterocycles. The molecule has 174 valence electrons. The van der Waals surface area contributed by atoms with Gasteiger partial charge in [-0.2, -0.15) is 0 Å². The predicted molar refractivity (Wildman–Crippen MR) is 139 cm³/mol. The zero-order valence-electron chi connectivity index (χ0n) is 18.9. The van der Waals surface area contributed by atoms with Crippen LogP contribution >= 0.6 is 11.6 Å². The summed E-state index contributed by atoms with van der Waals surface area (Å²) in [5, 5.41) is 11.9. The molecule has 7 heteroatoms. The fourth-order valence-corrected chi connectivity index (χ4v) is 5.12. The molecule has 0 aliphatic carbocycles. The van der Waals surface area contributed by atoms with E-state index in [1.807, 2.05) is 60.7 Å². The molecule has 0 spiro atoms. The SMILES string of the molecule is O=c1c(CN2CCC(O)C2)c[nH]c2nc(-c3ccccc3)c(-c3cc(Cl)c4ncccc4c3)cc12. The molecule has 3 aromatic heterocycles. The Balaban J connectivity index is 1.56. The van der Waals surface area contributed by atoms with Gasteiger partial charge in [0, 0.05) is 54.1 Å². The van der Waals surface area contributed by atoms with E-state index in [0.717, 1.165) is 46.3 Å². The van der Waals surface area contributed by atoms with Gasteiger partial charge in [-0.1, -0.05) is 48.0 Å². The second kappa shape index (κ2) is 8.89. The standard InChI is InChI=1S/C28H23ClN4O2/c29-24-12-19(11-18-7-4-9-30-26(18)24)22-13-23-27(35)20(15-33-10-8-21(34)16-33)14-31-28(23)32-25(22)17-5-2-1-3-6-17/h1-7,9,11-14,21,34H,8,10,15-16H2,(H,31,32,35). The first-order valence-corrected chi connectivity index (χ1v) is 12.0. The normalized spacial score (nSPS) is 16.3. The third kappa shape index (κ3) is 4.10. The lowest BCUT2D eigenvalue weighted by atomic mass is 9.96. The molecule has 1 fully saturated rings. The van der Waals surface area contributed by atoms with Crippen molar-refractivity contribution < 1.29 is 5.11 Å². The second-order valence-corrected chi connectivity index (χ2v) is 9.41. The molecule has 2 aromatic carbocycles. The number of halogens is 1. The van der Waals surface area contributed by atoms with E-state index in [0.29, 0.717) is 34.7 Å². The topological polar surface area (TPSA) is 82.1 Å². The first-order valence-electron chi connectivity index (χ1n) is 11.6. The molecule has 1 saturated heterocycles. The summed E-state index contributed by atoms with van der Waals surface area (Å²) < 4.78 is 0. The number of hydrogen-bond donors (Lipinski definition) is 2. The smallest absolute Gasteiger partial charge is 0.195 e. The number of H-pyrrole nitrogens is 1. The number of aromatic amines is 1. The van der Waals surface area contributed by atoms with Crippen LogP contribution in [0.1, 0.15) is 12.0 Å². The maximum atomic E-state index is 13.5. The summed E-state index contributed by atoms with van der Waals surface area (Å²) in [4.78, 5) is 28.2. The van der Waals surface area contributed by atoms with E-state index >= 15 is 0 Å². The number of pyridine rings is 3. The second-order valence-electron chi connectivity index (χ2n) is 9.00. The van der Waals surface area contributed by atoms with Crippen LogP contribution in [-0.4, -0.2) is 44.2 Å². The minimum absolute atomic E-state index is 0.0537. The van der Waals surface area contributed by atoms with Gasteiger partial charge in [0.1, 0.15) is 5.65 Å². The summed E-state index contributed by atoms with van der Waals surface area (Å²) in [5.41, 5.74) is 5.30. The fraction of sp³-hybridized carbons (Fsp3) is 0.179. The van der Waals surface area contributed by atoms with Gasteiger partial charge in [-0.25, -0.2) is 4.98 Å². The fourth-order valence-electron chi connectivity index (χ4n) is 4.84. The number of aliphatic hydroxyl groups is 1. The Morgan fingerprint density at radius 2 is 1.94 bits per heavy atom. The van der Waals surface area contributed by atoms with E-state index in [1.54, 1.807) is 12.4 Å². The molecule has 0 radical (unpaired) electrons. The Morgan fingerprint density at radius 1 is 1.09 bits per heavy atom. The van der Waals surface area contributed by atoms with Crippen LogP contribution in [0.15, 0.2) is 77.9 Å². The van der Waals surface area contributed by atoms with Crippen molar-refractivity contribution in [1.29, 1.82) is 0 Å². The summed E-state index contributed by atoms with van der Waals surface area (Å²) in [5.74, 6) is 0. The van der Waals surface area contributed by atoms with Crippen molar-refractivity contribution in [2.24, 2.45) is 0 Å². The van der Waals surface area contributed by atoms with Crippen LogP contribution in [0.2, 0.25) is 5.02 Å². The number of benzene rings is 2. The van der Waals surface area contributed by atoms with E-state index in [9.17, 15) is 9.90 Å². The lowest BCUT2D eigenvalue weighted by molar-refractivity contribution is 0.174. The third-order valence-corrected chi connectivity index (χ3v) is 6.89. The van der Waals surface area contributed by atoms with Crippen molar-refractivity contribution in [3.63, 3.8) is 0 Å². The number of aliphatic hydroxyl groups excluding tert-OH is 1. The zero-order chi connectivity index (χ0) is 23.9. The number of nitrogens with one attached hydrogen (secondary N) is 1. The molecular formula is C28H23ClN4O2. The van der Waals surface area contributed by atoms with Gasteiger partial charge in [0.15, 0.2) is 5.43 Å². The first kappa shape index (κ1) is 21.9. The molecule has 35 heavy (non-hydrogen) atoms. The van der Waals surface area contributed by atoms with E-state index in [-0.39, 0.29) is 11.5 Å². The highest BCUT2D eigenvalue weighted by Crippen LogP contribution is 2.36. The van der Waals surface area contributed by atoms with Crippen LogP contribution < -0.4 is 5.43 Å². The van der Waals surface area contributed by atoms with Crippen molar-refractivity contribution >= 4 is 33.5 Å². The monoisotopic (exact) mass is 482 g/mol. The molecule has 0 amide bonds. The molecule has 5 aromatic rings. The third-order valence-electron chi connectivity index (χ3n) is 6.60. The molecule has 6 rings (SSSR count). The summed E-state index contributed by atoms with van der Waals surface area (Å²) in [6.07, 6.45) is 3.87. The molecule has 4 heterocycles. The Hall–Kier alpha value is -3.58. The maximum Gasteiger partial charge on any atom is 0.195 e. The summed E-state index contributed by atoms with van der Waals surface area (Å²) >= 11 is 6.62. The van der Waals surface area contributed by atoms with Crippen molar-refractivity contribution in [3.05, 3.63) is 93.9 Å². The van der Waals surface area contributed by atoms with Crippen molar-refractivity contribution in [2.45, 2.75) is 19.1 Å². The van der Waals surface area contributed by atoms with Gasteiger partial charge in [-0.15, -0.1) is 0 Å².